The van der Waals surface area contributed by atoms with Gasteiger partial charge < -0.3 is 0 Å². The van der Waals surface area contributed by atoms with Gasteiger partial charge in [0.2, 0.25) is 0 Å². The lowest BCUT2D eigenvalue weighted by Gasteiger charge is -2.40. The van der Waals surface area contributed by atoms with Gasteiger partial charge in [-0.25, -0.2) is 0 Å². The van der Waals surface area contributed by atoms with Gasteiger partial charge in [-0.3, -0.25) is 0 Å². The molecular weight excluding hydrogens is 216 g/mol. The maximum Gasteiger partial charge on any atom is -0.00972 e. The van der Waals surface area contributed by atoms with E-state index in [1.54, 1.807) is 5.56 Å². The minimum absolute atomic E-state index is 0.489. The summed E-state index contributed by atoms with van der Waals surface area (Å²) in [4.78, 5) is 0. The van der Waals surface area contributed by atoms with E-state index >= 15 is 0 Å². The average Bonchev–Trinajstić information content (AvgIpc) is 2.71. The fraction of sp³-hybridized carbons (Fsp3) is 0.611. The summed E-state index contributed by atoms with van der Waals surface area (Å²) in [7, 11) is 0. The van der Waals surface area contributed by atoms with Crippen LogP contribution in [0.3, 0.4) is 0 Å². The van der Waals surface area contributed by atoms with Crippen molar-refractivity contribution in [2.24, 2.45) is 16.7 Å². The monoisotopic (exact) mass is 241 g/mol. The van der Waals surface area contributed by atoms with E-state index in [1.165, 1.54) is 24.8 Å². The summed E-state index contributed by atoms with van der Waals surface area (Å²) < 4.78 is 0. The second-order valence-corrected chi connectivity index (χ2v) is 7.11. The molecule has 0 heteroatoms. The Kier molecular flexibility index (Phi) is 2.63. The molecule has 1 aromatic rings. The van der Waals surface area contributed by atoms with E-state index in [1.807, 2.05) is 0 Å². The zero-order chi connectivity index (χ0) is 13.0. The van der Waals surface area contributed by atoms with Crippen LogP contribution in [0.1, 0.15) is 57.1 Å². The molecule has 0 heterocycles. The van der Waals surface area contributed by atoms with Crippen molar-refractivity contribution >= 4 is 0 Å². The zero-order valence-corrected chi connectivity index (χ0v) is 12.0. The van der Waals surface area contributed by atoms with Gasteiger partial charge in [0.05, 0.1) is 0 Å². The highest BCUT2D eigenvalue weighted by Crippen LogP contribution is 2.71. The molecule has 1 aromatic carbocycles. The molecule has 2 bridgehead atoms. The van der Waals surface area contributed by atoms with Crippen LogP contribution in [0, 0.1) is 23.7 Å². The predicted octanol–water partition coefficient (Wildman–Crippen LogP) is 4.99. The summed E-state index contributed by atoms with van der Waals surface area (Å²) in [5.41, 5.74) is 4.05. The molecule has 0 N–H and O–H groups in total. The molecule has 3 atom stereocenters. The molecule has 0 saturated heterocycles. The highest BCUT2D eigenvalue weighted by molar-refractivity contribution is 5.35. The first-order chi connectivity index (χ1) is 8.50. The van der Waals surface area contributed by atoms with Gasteiger partial charge in [0.15, 0.2) is 0 Å². The Morgan fingerprint density at radius 2 is 1.94 bits per heavy atom. The lowest BCUT2D eigenvalue weighted by Crippen LogP contribution is -2.31. The van der Waals surface area contributed by atoms with E-state index in [4.69, 9.17) is 0 Å². The molecule has 2 aliphatic rings. The van der Waals surface area contributed by atoms with E-state index < -0.39 is 0 Å². The first-order valence-electron chi connectivity index (χ1n) is 7.38. The lowest BCUT2D eigenvalue weighted by molar-refractivity contribution is 0.134. The second kappa shape index (κ2) is 3.85. The van der Waals surface area contributed by atoms with E-state index in [2.05, 4.69) is 52.0 Å². The van der Waals surface area contributed by atoms with Crippen LogP contribution >= 0.6 is 0 Å². The first kappa shape index (κ1) is 12.3. The molecule has 97 valence electrons. The minimum atomic E-state index is 0.489. The summed E-state index contributed by atoms with van der Waals surface area (Å²) >= 11 is 0. The maximum absolute atomic E-state index is 4.11. The van der Waals surface area contributed by atoms with E-state index in [0.29, 0.717) is 10.8 Å². The zero-order valence-electron chi connectivity index (χ0n) is 12.0. The molecule has 0 aromatic heterocycles. The summed E-state index contributed by atoms with van der Waals surface area (Å²) in [6.07, 6.45) is 5.15. The Balaban J connectivity index is 2.05. The van der Waals surface area contributed by atoms with Crippen molar-refractivity contribution in [1.82, 2.24) is 0 Å². The van der Waals surface area contributed by atoms with Crippen molar-refractivity contribution in [1.29, 1.82) is 0 Å². The largest absolute Gasteiger partial charge is 0.0620 e. The molecule has 3 unspecified atom stereocenters. The van der Waals surface area contributed by atoms with Crippen molar-refractivity contribution in [2.75, 3.05) is 0 Å². The third-order valence-electron chi connectivity index (χ3n) is 6.49. The molecule has 0 spiro atoms. The fourth-order valence-corrected chi connectivity index (χ4v) is 4.78. The number of rotatable bonds is 2. The van der Waals surface area contributed by atoms with Gasteiger partial charge in [0.1, 0.15) is 0 Å². The Hall–Kier alpha value is -0.780. The van der Waals surface area contributed by atoms with Gasteiger partial charge in [0.25, 0.3) is 0 Å². The van der Waals surface area contributed by atoms with Crippen molar-refractivity contribution in [2.45, 2.75) is 52.4 Å². The third-order valence-corrected chi connectivity index (χ3v) is 6.49. The summed E-state index contributed by atoms with van der Waals surface area (Å²) in [6.45, 7) is 11.6. The smallest absolute Gasteiger partial charge is 0.00972 e. The fourth-order valence-electron chi connectivity index (χ4n) is 4.78. The summed E-state index contributed by atoms with van der Waals surface area (Å²) in [6, 6.07) is 8.99. The van der Waals surface area contributed by atoms with Crippen LogP contribution in [0.15, 0.2) is 24.3 Å². The minimum Gasteiger partial charge on any atom is -0.0620 e. The maximum atomic E-state index is 4.11. The Bertz CT molecular complexity index is 457. The number of fused-ring (bicyclic) bond motifs is 2. The highest BCUT2D eigenvalue weighted by Gasteiger charge is 2.61. The Morgan fingerprint density at radius 1 is 1.22 bits per heavy atom. The number of benzene rings is 1. The van der Waals surface area contributed by atoms with Gasteiger partial charge in [-0.1, -0.05) is 45.0 Å². The molecule has 2 fully saturated rings. The third kappa shape index (κ3) is 1.38. The molecule has 2 saturated carbocycles. The van der Waals surface area contributed by atoms with E-state index in [9.17, 15) is 0 Å². The molecule has 3 rings (SSSR count). The highest BCUT2D eigenvalue weighted by atomic mass is 14.7. The van der Waals surface area contributed by atoms with Crippen LogP contribution in [-0.4, -0.2) is 0 Å². The van der Waals surface area contributed by atoms with Crippen molar-refractivity contribution in [3.8, 4) is 0 Å². The number of hydrogen-bond acceptors (Lipinski definition) is 0. The van der Waals surface area contributed by atoms with Gasteiger partial charge in [-0.15, -0.1) is 0 Å². The number of hydrogen-bond donors (Lipinski definition) is 0. The van der Waals surface area contributed by atoms with Crippen molar-refractivity contribution in [3.05, 3.63) is 42.3 Å². The van der Waals surface area contributed by atoms with Crippen LogP contribution in [0.25, 0.3) is 0 Å². The van der Waals surface area contributed by atoms with Crippen LogP contribution in [0.4, 0.5) is 0 Å². The topological polar surface area (TPSA) is 0 Å². The predicted molar refractivity (Wildman–Crippen MR) is 77.5 cm³/mol. The van der Waals surface area contributed by atoms with Crippen molar-refractivity contribution in [3.63, 3.8) is 0 Å². The average molecular weight is 241 g/mol. The second-order valence-electron chi connectivity index (χ2n) is 7.11. The Labute approximate surface area is 112 Å². The Morgan fingerprint density at radius 3 is 2.50 bits per heavy atom. The van der Waals surface area contributed by atoms with Crippen LogP contribution in [0.5, 0.6) is 0 Å². The first-order valence-corrected chi connectivity index (χ1v) is 7.38. The lowest BCUT2D eigenvalue weighted by atomic mass is 9.64. The molecule has 0 amide bonds. The van der Waals surface area contributed by atoms with Gasteiger partial charge in [-0.2, -0.15) is 0 Å². The molecular formula is C18H25. The van der Waals surface area contributed by atoms with Gasteiger partial charge in [-0.05, 0) is 66.4 Å². The standard InChI is InChI=1S/C18H25/c1-5-13-8-6-7-9-15(13)16-12-14-10-11-18(16,4)17(14,2)3/h6-9,14,16H,1,5,10-12H2,2-4H3. The summed E-state index contributed by atoms with van der Waals surface area (Å²) in [5.74, 6) is 1.68. The summed E-state index contributed by atoms with van der Waals surface area (Å²) in [5, 5.41) is 0. The van der Waals surface area contributed by atoms with Crippen LogP contribution < -0.4 is 0 Å². The van der Waals surface area contributed by atoms with E-state index in [0.717, 1.165) is 18.3 Å². The van der Waals surface area contributed by atoms with Crippen LogP contribution in [0.2, 0.25) is 0 Å². The normalized spacial score (nSPS) is 37.1. The van der Waals surface area contributed by atoms with Crippen LogP contribution in [-0.2, 0) is 6.42 Å². The molecule has 0 nitrogen and oxygen atoms in total. The molecule has 18 heavy (non-hydrogen) atoms. The molecule has 0 aliphatic heterocycles. The SMILES string of the molecule is [CH2]Cc1ccccc1C1CC2CCC1(C)C2(C)C. The molecule has 2 aliphatic carbocycles. The molecule has 1 radical (unpaired) electrons. The van der Waals surface area contributed by atoms with Crippen molar-refractivity contribution < 1.29 is 0 Å². The van der Waals surface area contributed by atoms with Gasteiger partial charge >= 0.3 is 0 Å². The van der Waals surface area contributed by atoms with Gasteiger partial charge in [0, 0.05) is 0 Å². The van der Waals surface area contributed by atoms with E-state index in [-0.39, 0.29) is 0 Å². The quantitative estimate of drug-likeness (QED) is 0.684.